The van der Waals surface area contributed by atoms with Crippen molar-refractivity contribution < 1.29 is 13.2 Å². The maximum absolute atomic E-state index is 12.7. The quantitative estimate of drug-likeness (QED) is 0.783. The minimum Gasteiger partial charge on any atom is -0.398 e. The van der Waals surface area contributed by atoms with Crippen LogP contribution in [0, 0.1) is 0 Å². The zero-order valence-electron chi connectivity index (χ0n) is 12.0. The summed E-state index contributed by atoms with van der Waals surface area (Å²) >= 11 is 5.88. The van der Waals surface area contributed by atoms with Gasteiger partial charge in [-0.05, 0) is 31.5 Å². The van der Waals surface area contributed by atoms with E-state index in [1.165, 1.54) is 23.5 Å². The Morgan fingerprint density at radius 3 is 2.65 bits per heavy atom. The number of rotatable bonds is 7. The second kappa shape index (κ2) is 7.26. The molecule has 2 N–H and O–H groups in total. The second-order valence-electron chi connectivity index (χ2n) is 4.55. The number of anilines is 1. The molecule has 1 rings (SSSR count). The Balaban J connectivity index is 3.24. The van der Waals surface area contributed by atoms with Crippen LogP contribution in [0.25, 0.3) is 0 Å². The summed E-state index contributed by atoms with van der Waals surface area (Å²) in [5.74, 6) is 0. The van der Waals surface area contributed by atoms with Gasteiger partial charge in [-0.15, -0.1) is 0 Å². The first-order chi connectivity index (χ1) is 9.34. The first kappa shape index (κ1) is 17.2. The lowest BCUT2D eigenvalue weighted by molar-refractivity contribution is 0.167. The summed E-state index contributed by atoms with van der Waals surface area (Å²) in [4.78, 5) is 0.0430. The summed E-state index contributed by atoms with van der Waals surface area (Å²) in [5, 5.41) is 0.341. The van der Waals surface area contributed by atoms with E-state index in [1.807, 2.05) is 13.8 Å². The van der Waals surface area contributed by atoms with E-state index in [1.54, 1.807) is 6.07 Å². The molecule has 0 amide bonds. The van der Waals surface area contributed by atoms with Gasteiger partial charge in [-0.3, -0.25) is 0 Å². The first-order valence-corrected chi connectivity index (χ1v) is 8.22. The highest BCUT2D eigenvalue weighted by Crippen LogP contribution is 2.27. The number of benzene rings is 1. The van der Waals surface area contributed by atoms with Crippen LogP contribution in [0.2, 0.25) is 5.02 Å². The fourth-order valence-electron chi connectivity index (χ4n) is 1.82. The number of nitrogen functional groups attached to an aromatic ring is 1. The molecule has 0 saturated carbocycles. The SMILES string of the molecule is CCC(C)N(CCOC)S(=O)(=O)c1cc(Cl)ccc1N. The highest BCUT2D eigenvalue weighted by molar-refractivity contribution is 7.89. The summed E-state index contributed by atoms with van der Waals surface area (Å²) in [6.45, 7) is 4.39. The van der Waals surface area contributed by atoms with Crippen LogP contribution in [0.5, 0.6) is 0 Å². The number of hydrogen-bond donors (Lipinski definition) is 1. The minimum absolute atomic E-state index is 0.0430. The molecule has 1 aromatic carbocycles. The Labute approximate surface area is 125 Å². The molecule has 114 valence electrons. The largest absolute Gasteiger partial charge is 0.398 e. The molecule has 0 heterocycles. The van der Waals surface area contributed by atoms with Crippen molar-refractivity contribution in [3.05, 3.63) is 23.2 Å². The Morgan fingerprint density at radius 2 is 2.10 bits per heavy atom. The predicted molar refractivity (Wildman–Crippen MR) is 81.4 cm³/mol. The number of sulfonamides is 1. The van der Waals surface area contributed by atoms with Gasteiger partial charge in [-0.1, -0.05) is 18.5 Å². The molecule has 0 bridgehead atoms. The van der Waals surface area contributed by atoms with Crippen LogP contribution in [0.3, 0.4) is 0 Å². The van der Waals surface area contributed by atoms with E-state index < -0.39 is 10.0 Å². The summed E-state index contributed by atoms with van der Waals surface area (Å²) < 4.78 is 31.9. The van der Waals surface area contributed by atoms with E-state index in [2.05, 4.69) is 0 Å². The van der Waals surface area contributed by atoms with Crippen molar-refractivity contribution in [1.82, 2.24) is 4.31 Å². The number of ether oxygens (including phenoxy) is 1. The highest BCUT2D eigenvalue weighted by atomic mass is 35.5. The van der Waals surface area contributed by atoms with E-state index in [-0.39, 0.29) is 23.2 Å². The molecule has 0 saturated heterocycles. The third-order valence-electron chi connectivity index (χ3n) is 3.16. The standard InChI is InChI=1S/C13H21ClN2O3S/c1-4-10(2)16(7-8-19-3)20(17,18)13-9-11(14)5-6-12(13)15/h5-6,9-10H,4,7-8,15H2,1-3H3. The second-order valence-corrected chi connectivity index (χ2v) is 6.84. The molecule has 0 aliphatic heterocycles. The average molecular weight is 321 g/mol. The molecule has 7 heteroatoms. The van der Waals surface area contributed by atoms with Gasteiger partial charge in [0.2, 0.25) is 10.0 Å². The van der Waals surface area contributed by atoms with Crippen LogP contribution in [0.4, 0.5) is 5.69 Å². The van der Waals surface area contributed by atoms with Gasteiger partial charge < -0.3 is 10.5 Å². The normalized spacial score (nSPS) is 13.7. The first-order valence-electron chi connectivity index (χ1n) is 6.40. The molecule has 0 radical (unpaired) electrons. The van der Waals surface area contributed by atoms with E-state index in [0.717, 1.165) is 0 Å². The van der Waals surface area contributed by atoms with Crippen molar-refractivity contribution in [3.8, 4) is 0 Å². The lowest BCUT2D eigenvalue weighted by Crippen LogP contribution is -2.40. The molecular formula is C13H21ClN2O3S. The maximum atomic E-state index is 12.7. The molecule has 0 aromatic heterocycles. The van der Waals surface area contributed by atoms with Gasteiger partial charge >= 0.3 is 0 Å². The Hall–Kier alpha value is -0.820. The highest BCUT2D eigenvalue weighted by Gasteiger charge is 2.29. The van der Waals surface area contributed by atoms with Gasteiger partial charge in [0.1, 0.15) is 4.90 Å². The van der Waals surface area contributed by atoms with Crippen molar-refractivity contribution in [1.29, 1.82) is 0 Å². The molecule has 0 spiro atoms. The van der Waals surface area contributed by atoms with Crippen molar-refractivity contribution >= 4 is 27.3 Å². The van der Waals surface area contributed by atoms with Crippen molar-refractivity contribution in [2.24, 2.45) is 0 Å². The number of halogens is 1. The molecule has 0 fully saturated rings. The Morgan fingerprint density at radius 1 is 1.45 bits per heavy atom. The lowest BCUT2D eigenvalue weighted by atomic mass is 10.3. The molecule has 20 heavy (non-hydrogen) atoms. The fraction of sp³-hybridized carbons (Fsp3) is 0.538. The van der Waals surface area contributed by atoms with Crippen LogP contribution >= 0.6 is 11.6 Å². The summed E-state index contributed by atoms with van der Waals surface area (Å²) in [5.41, 5.74) is 5.98. The number of nitrogens with two attached hydrogens (primary N) is 1. The van der Waals surface area contributed by atoms with Crippen LogP contribution < -0.4 is 5.73 Å². The topological polar surface area (TPSA) is 72.6 Å². The molecule has 0 aliphatic rings. The number of methoxy groups -OCH3 is 1. The van der Waals surface area contributed by atoms with E-state index in [9.17, 15) is 8.42 Å². The van der Waals surface area contributed by atoms with Gasteiger partial charge in [-0.2, -0.15) is 4.31 Å². The Bertz CT molecular complexity index is 549. The minimum atomic E-state index is -3.69. The van der Waals surface area contributed by atoms with Crippen LogP contribution in [0.15, 0.2) is 23.1 Å². The zero-order chi connectivity index (χ0) is 15.3. The zero-order valence-corrected chi connectivity index (χ0v) is 13.5. The van der Waals surface area contributed by atoms with E-state index in [4.69, 9.17) is 22.1 Å². The molecule has 1 unspecified atom stereocenters. The van der Waals surface area contributed by atoms with Crippen LogP contribution in [-0.4, -0.2) is 39.0 Å². The van der Waals surface area contributed by atoms with Gasteiger partial charge in [0.15, 0.2) is 0 Å². The molecule has 1 aromatic rings. The smallest absolute Gasteiger partial charge is 0.245 e. The van der Waals surface area contributed by atoms with Crippen LogP contribution in [-0.2, 0) is 14.8 Å². The molecule has 0 aliphatic carbocycles. The third kappa shape index (κ3) is 3.85. The average Bonchev–Trinajstić information content (AvgIpc) is 2.41. The molecule has 5 nitrogen and oxygen atoms in total. The molecular weight excluding hydrogens is 300 g/mol. The summed E-state index contributed by atoms with van der Waals surface area (Å²) in [7, 11) is -2.16. The van der Waals surface area contributed by atoms with E-state index in [0.29, 0.717) is 18.1 Å². The van der Waals surface area contributed by atoms with Crippen molar-refractivity contribution in [2.45, 2.75) is 31.2 Å². The monoisotopic (exact) mass is 320 g/mol. The number of hydrogen-bond acceptors (Lipinski definition) is 4. The van der Waals surface area contributed by atoms with Crippen molar-refractivity contribution in [3.63, 3.8) is 0 Å². The summed E-state index contributed by atoms with van der Waals surface area (Å²) in [6, 6.07) is 4.31. The lowest BCUT2D eigenvalue weighted by Gasteiger charge is -2.28. The maximum Gasteiger partial charge on any atom is 0.245 e. The van der Waals surface area contributed by atoms with Gasteiger partial charge in [0.25, 0.3) is 0 Å². The van der Waals surface area contributed by atoms with Gasteiger partial charge in [0, 0.05) is 24.7 Å². The number of nitrogens with zero attached hydrogens (tertiary/aromatic N) is 1. The van der Waals surface area contributed by atoms with Gasteiger partial charge in [-0.25, -0.2) is 8.42 Å². The summed E-state index contributed by atoms with van der Waals surface area (Å²) in [6.07, 6.45) is 0.698. The van der Waals surface area contributed by atoms with Crippen LogP contribution in [0.1, 0.15) is 20.3 Å². The van der Waals surface area contributed by atoms with Crippen molar-refractivity contribution in [2.75, 3.05) is 26.0 Å². The van der Waals surface area contributed by atoms with Gasteiger partial charge in [0.05, 0.1) is 12.3 Å². The predicted octanol–water partition coefficient (Wildman–Crippen LogP) is 2.36. The van der Waals surface area contributed by atoms with E-state index >= 15 is 0 Å². The fourth-order valence-corrected chi connectivity index (χ4v) is 3.89. The Kier molecular flexibility index (Phi) is 6.26. The third-order valence-corrected chi connectivity index (χ3v) is 5.46. The molecule has 1 atom stereocenters.